The molecular weight excluding hydrogens is 454 g/mol. The van der Waals surface area contributed by atoms with Gasteiger partial charge < -0.3 is 13.8 Å². The Morgan fingerprint density at radius 1 is 0.939 bits per heavy atom. The molecule has 2 aromatic carbocycles. The lowest BCUT2D eigenvalue weighted by Crippen LogP contribution is -2.25. The van der Waals surface area contributed by atoms with Crippen LogP contribution in [0, 0.1) is 0 Å². The van der Waals surface area contributed by atoms with E-state index in [1.165, 1.54) is 12.1 Å². The summed E-state index contributed by atoms with van der Waals surface area (Å²) in [5.74, 6) is 0.346. The Morgan fingerprint density at radius 2 is 1.48 bits per heavy atom. The van der Waals surface area contributed by atoms with Gasteiger partial charge in [0.1, 0.15) is 18.1 Å². The first-order valence-corrected chi connectivity index (χ1v) is 12.8. The van der Waals surface area contributed by atoms with E-state index in [1.54, 1.807) is 13.8 Å². The van der Waals surface area contributed by atoms with E-state index >= 15 is 0 Å². The van der Waals surface area contributed by atoms with Crippen LogP contribution in [0.5, 0.6) is 5.75 Å². The zero-order valence-corrected chi connectivity index (χ0v) is 20.9. The minimum atomic E-state index is -4.39. The zero-order chi connectivity index (χ0) is 24.9. The quantitative estimate of drug-likeness (QED) is 0.291. The van der Waals surface area contributed by atoms with Crippen LogP contribution in [0.3, 0.4) is 0 Å². The first-order chi connectivity index (χ1) is 15.7. The summed E-state index contributed by atoms with van der Waals surface area (Å²) in [5.41, 5.74) is 0.173. The third-order valence-corrected chi connectivity index (χ3v) is 6.60. The molecule has 0 aromatic heterocycles. The number of hydrogen-bond acceptors (Lipinski definition) is 5. The average molecular weight is 490 g/mol. The second-order valence-corrected chi connectivity index (χ2v) is 9.02. The number of halogens is 3. The molecule has 0 saturated carbocycles. The maximum atomic E-state index is 12.8. The molecule has 1 atom stereocenters. The molecule has 0 aliphatic heterocycles. The third-order valence-electron chi connectivity index (χ3n) is 4.47. The van der Waals surface area contributed by atoms with Gasteiger partial charge in [-0.3, -0.25) is 9.46 Å². The van der Waals surface area contributed by atoms with Crippen molar-refractivity contribution < 1.29 is 31.5 Å². The van der Waals surface area contributed by atoms with Gasteiger partial charge in [-0.15, -0.1) is 0 Å². The summed E-state index contributed by atoms with van der Waals surface area (Å²) in [4.78, 5) is 1.85. The fourth-order valence-corrected chi connectivity index (χ4v) is 4.82. The normalized spacial score (nSPS) is 12.8. The van der Waals surface area contributed by atoms with Gasteiger partial charge in [-0.05, 0) is 50.7 Å². The number of ether oxygens (including phenoxy) is 1. The molecular formula is C24H35F3NO4P. The summed E-state index contributed by atoms with van der Waals surface area (Å²) in [6, 6.07) is 14.1. The highest BCUT2D eigenvalue weighted by molar-refractivity contribution is 7.53. The van der Waals surface area contributed by atoms with Gasteiger partial charge in [-0.2, -0.15) is 13.2 Å². The van der Waals surface area contributed by atoms with E-state index in [0.29, 0.717) is 18.7 Å². The topological polar surface area (TPSA) is 48.0 Å². The second-order valence-electron chi connectivity index (χ2n) is 7.00. The third kappa shape index (κ3) is 10.3. The summed E-state index contributed by atoms with van der Waals surface area (Å²) >= 11 is 0. The number of hydrogen-bond donors (Lipinski definition) is 0. The number of benzene rings is 2. The standard InChI is InChI=1S/C22H29F3NO4P.C2H6/c1-4-28-31(27,29-5-2)17-26(3)16-15-21(18-9-7-6-8-10-18)30-20-13-11-19(12-14-20)22(23,24)25;1-2/h6-14,21H,4-5,15-17H2,1-3H3;1-2H3. The minimum Gasteiger partial charge on any atom is -0.486 e. The van der Waals surface area contributed by atoms with Crippen molar-refractivity contribution >= 4 is 7.60 Å². The molecule has 0 aliphatic rings. The predicted molar refractivity (Wildman–Crippen MR) is 126 cm³/mol. The molecule has 9 heteroatoms. The van der Waals surface area contributed by atoms with Gasteiger partial charge in [0.15, 0.2) is 0 Å². The summed E-state index contributed by atoms with van der Waals surface area (Å²) < 4.78 is 67.9. The van der Waals surface area contributed by atoms with Crippen molar-refractivity contribution in [2.24, 2.45) is 0 Å². The number of alkyl halides is 3. The first kappa shape index (κ1) is 29.2. The highest BCUT2D eigenvalue weighted by atomic mass is 31.2. The summed E-state index contributed by atoms with van der Waals surface area (Å²) in [7, 11) is -1.41. The minimum absolute atomic E-state index is 0.135. The van der Waals surface area contributed by atoms with Crippen molar-refractivity contribution in [3.8, 4) is 5.75 Å². The molecule has 0 radical (unpaired) electrons. The molecule has 0 heterocycles. The van der Waals surface area contributed by atoms with Crippen molar-refractivity contribution in [3.63, 3.8) is 0 Å². The molecule has 5 nitrogen and oxygen atoms in total. The van der Waals surface area contributed by atoms with E-state index in [9.17, 15) is 17.7 Å². The molecule has 0 spiro atoms. The highest BCUT2D eigenvalue weighted by Crippen LogP contribution is 2.48. The first-order valence-electron chi connectivity index (χ1n) is 11.1. The SMILES string of the molecule is CC.CCOP(=O)(CN(C)CCC(Oc1ccc(C(F)(F)F)cc1)c1ccccc1)OCC. The maximum Gasteiger partial charge on any atom is 0.416 e. The maximum absolute atomic E-state index is 12.8. The van der Waals surface area contributed by atoms with E-state index in [2.05, 4.69) is 0 Å². The lowest BCUT2D eigenvalue weighted by molar-refractivity contribution is -0.137. The molecule has 0 amide bonds. The van der Waals surface area contributed by atoms with Gasteiger partial charge >= 0.3 is 13.8 Å². The number of nitrogens with zero attached hydrogens (tertiary/aromatic N) is 1. The molecule has 33 heavy (non-hydrogen) atoms. The van der Waals surface area contributed by atoms with Crippen molar-refractivity contribution in [2.45, 2.75) is 46.4 Å². The van der Waals surface area contributed by atoms with Crippen molar-refractivity contribution in [1.82, 2.24) is 4.90 Å². The van der Waals surface area contributed by atoms with Gasteiger partial charge in [0.2, 0.25) is 0 Å². The Morgan fingerprint density at radius 3 is 1.97 bits per heavy atom. The molecule has 2 rings (SSSR count). The Kier molecular flexibility index (Phi) is 12.7. The van der Waals surface area contributed by atoms with Gasteiger partial charge in [0.25, 0.3) is 0 Å². The monoisotopic (exact) mass is 489 g/mol. The lowest BCUT2D eigenvalue weighted by atomic mass is 10.1. The summed E-state index contributed by atoms with van der Waals surface area (Å²) in [6.45, 7) is 8.61. The van der Waals surface area contributed by atoms with Crippen molar-refractivity contribution in [1.29, 1.82) is 0 Å². The van der Waals surface area contributed by atoms with Crippen LogP contribution >= 0.6 is 7.60 Å². The van der Waals surface area contributed by atoms with Crippen LogP contribution in [-0.2, 0) is 19.8 Å². The Hall–Kier alpha value is -1.86. The molecule has 2 aromatic rings. The van der Waals surface area contributed by atoms with Gasteiger partial charge in [0.05, 0.1) is 18.8 Å². The highest BCUT2D eigenvalue weighted by Gasteiger charge is 2.30. The molecule has 0 bridgehead atoms. The largest absolute Gasteiger partial charge is 0.486 e. The summed E-state index contributed by atoms with van der Waals surface area (Å²) in [6.07, 6.45) is -4.12. The smallest absolute Gasteiger partial charge is 0.416 e. The van der Waals surface area contributed by atoms with Crippen LogP contribution < -0.4 is 4.74 Å². The van der Waals surface area contributed by atoms with E-state index in [1.807, 2.05) is 56.1 Å². The zero-order valence-electron chi connectivity index (χ0n) is 20.0. The van der Waals surface area contributed by atoms with Crippen LogP contribution in [0.1, 0.15) is 51.3 Å². The van der Waals surface area contributed by atoms with Crippen LogP contribution in [-0.4, -0.2) is 38.0 Å². The second kappa shape index (κ2) is 14.4. The Labute approximate surface area is 195 Å². The van der Waals surface area contributed by atoms with Crippen molar-refractivity contribution in [3.05, 3.63) is 65.7 Å². The van der Waals surface area contributed by atoms with Crippen LogP contribution in [0.2, 0.25) is 0 Å². The van der Waals surface area contributed by atoms with E-state index in [4.69, 9.17) is 13.8 Å². The molecule has 0 N–H and O–H groups in total. The molecule has 1 unspecified atom stereocenters. The fraction of sp³-hybridized carbons (Fsp3) is 0.500. The van der Waals surface area contributed by atoms with Crippen LogP contribution in [0.25, 0.3) is 0 Å². The van der Waals surface area contributed by atoms with Gasteiger partial charge in [-0.1, -0.05) is 44.2 Å². The van der Waals surface area contributed by atoms with Gasteiger partial charge in [0, 0.05) is 13.0 Å². The molecule has 0 fully saturated rings. The van der Waals surface area contributed by atoms with Crippen molar-refractivity contribution in [2.75, 3.05) is 33.1 Å². The van der Waals surface area contributed by atoms with Gasteiger partial charge in [-0.25, -0.2) is 0 Å². The molecule has 186 valence electrons. The van der Waals surface area contributed by atoms with E-state index in [-0.39, 0.29) is 25.6 Å². The predicted octanol–water partition coefficient (Wildman–Crippen LogP) is 7.40. The van der Waals surface area contributed by atoms with Crippen LogP contribution in [0.15, 0.2) is 54.6 Å². The van der Waals surface area contributed by atoms with E-state index < -0.39 is 19.3 Å². The fourth-order valence-electron chi connectivity index (χ4n) is 3.06. The average Bonchev–Trinajstić information content (AvgIpc) is 2.78. The summed E-state index contributed by atoms with van der Waals surface area (Å²) in [5, 5.41) is 0. The van der Waals surface area contributed by atoms with Crippen LogP contribution in [0.4, 0.5) is 13.2 Å². The Balaban J connectivity index is 0.00000265. The molecule has 0 saturated heterocycles. The number of rotatable bonds is 12. The lowest BCUT2D eigenvalue weighted by Gasteiger charge is -2.26. The van der Waals surface area contributed by atoms with E-state index in [0.717, 1.165) is 17.7 Å². The molecule has 0 aliphatic carbocycles. The Bertz CT molecular complexity index is 822.